The van der Waals surface area contributed by atoms with Crippen molar-refractivity contribution in [2.45, 2.75) is 10.1 Å². The highest BCUT2D eigenvalue weighted by Crippen LogP contribution is 3.05. The van der Waals surface area contributed by atoms with E-state index in [2.05, 4.69) is 15.9 Å². The molecule has 6 aliphatic carbocycles. The molecule has 7 heteroatoms. The predicted molar refractivity (Wildman–Crippen MR) is 77.2 cm³/mol. The first-order chi connectivity index (χ1) is 11.0. The van der Waals surface area contributed by atoms with Gasteiger partial charge in [0.2, 0.25) is 0 Å². The maximum Gasteiger partial charge on any atom is 0.320 e. The Morgan fingerprint density at radius 2 is 1.43 bits per heavy atom. The number of carbonyl (C=O) groups is 2. The zero-order valence-electron chi connectivity index (χ0n) is 12.8. The number of hydrogen-bond acceptors (Lipinski definition) is 6. The zero-order valence-corrected chi connectivity index (χ0v) is 14.4. The van der Waals surface area contributed by atoms with E-state index < -0.39 is 23.6 Å². The van der Waals surface area contributed by atoms with Crippen molar-refractivity contribution in [1.82, 2.24) is 0 Å². The van der Waals surface area contributed by atoms with Crippen molar-refractivity contribution in [1.29, 1.82) is 0 Å². The summed E-state index contributed by atoms with van der Waals surface area (Å²) < 4.78 is 22.0. The van der Waals surface area contributed by atoms with Gasteiger partial charge in [0.1, 0.15) is 0 Å². The second-order valence-electron chi connectivity index (χ2n) is 7.77. The van der Waals surface area contributed by atoms with Crippen molar-refractivity contribution in [3.05, 3.63) is 0 Å². The number of halogens is 1. The van der Waals surface area contributed by atoms with Gasteiger partial charge in [0.05, 0.1) is 31.8 Å². The molecule has 1 spiro atoms. The van der Waals surface area contributed by atoms with Crippen LogP contribution in [0.4, 0.5) is 0 Å². The Kier molecular flexibility index (Phi) is 2.06. The van der Waals surface area contributed by atoms with Gasteiger partial charge in [0.15, 0.2) is 11.7 Å². The van der Waals surface area contributed by atoms with E-state index in [9.17, 15) is 9.59 Å². The van der Waals surface area contributed by atoms with Crippen LogP contribution < -0.4 is 0 Å². The molecule has 1 saturated heterocycles. The van der Waals surface area contributed by atoms with Gasteiger partial charge in [0, 0.05) is 11.3 Å². The number of esters is 2. The largest absolute Gasteiger partial charge is 0.468 e. The Bertz CT molecular complexity index is 633. The highest BCUT2D eigenvalue weighted by Gasteiger charge is 3.10. The Hall–Kier alpha value is -0.660. The molecule has 0 unspecified atom stereocenters. The number of hydrogen-bond donors (Lipinski definition) is 0. The third kappa shape index (κ3) is 0.878. The molecule has 4 atom stereocenters. The maximum absolute atomic E-state index is 12.3. The third-order valence-electron chi connectivity index (χ3n) is 8.09. The second-order valence-corrected chi connectivity index (χ2v) is 9.08. The van der Waals surface area contributed by atoms with Gasteiger partial charge in [-0.25, -0.2) is 0 Å². The molecule has 124 valence electrons. The minimum Gasteiger partial charge on any atom is -0.468 e. The fourth-order valence-corrected chi connectivity index (χ4v) is 9.65. The first-order valence-electron chi connectivity index (χ1n) is 8.16. The Labute approximate surface area is 141 Å². The van der Waals surface area contributed by atoms with E-state index in [0.717, 1.165) is 0 Å². The molecule has 0 radical (unpaired) electrons. The first-order valence-corrected chi connectivity index (χ1v) is 8.95. The first kappa shape index (κ1) is 13.6. The number of carbonyl (C=O) groups excluding carboxylic acids is 2. The lowest BCUT2D eigenvalue weighted by molar-refractivity contribution is -0.450. The summed E-state index contributed by atoms with van der Waals surface area (Å²) in [7, 11) is 2.67. The highest BCUT2D eigenvalue weighted by molar-refractivity contribution is 9.10. The summed E-state index contributed by atoms with van der Waals surface area (Å²) in [4.78, 5) is 24.7. The standard InChI is InChI=1S/C16H17BrO6/c1-20-12(18)11(13(19)21-2)14-5-8-6(14)10-7(14)9(5)15(8,17)16(10)22-3-4-23-16/h5-11H,3-4H2,1-2H3/t5?,6-,7-,8+,9+,10?,14?,15?/m0/s1. The minimum atomic E-state index is -0.796. The van der Waals surface area contributed by atoms with Crippen molar-refractivity contribution in [3.63, 3.8) is 0 Å². The van der Waals surface area contributed by atoms with Crippen molar-refractivity contribution in [2.24, 2.45) is 46.8 Å². The van der Waals surface area contributed by atoms with Crippen molar-refractivity contribution in [2.75, 3.05) is 27.4 Å². The van der Waals surface area contributed by atoms with E-state index >= 15 is 0 Å². The molecule has 1 aliphatic heterocycles. The van der Waals surface area contributed by atoms with E-state index in [4.69, 9.17) is 18.9 Å². The lowest BCUT2D eigenvalue weighted by Crippen LogP contribution is -2.94. The molecule has 7 rings (SSSR count). The fourth-order valence-electron chi connectivity index (χ4n) is 8.02. The van der Waals surface area contributed by atoms with Crippen molar-refractivity contribution < 1.29 is 28.5 Å². The van der Waals surface area contributed by atoms with Gasteiger partial charge in [-0.3, -0.25) is 9.59 Å². The molecule has 0 amide bonds. The number of ether oxygens (including phenoxy) is 4. The number of methoxy groups -OCH3 is 2. The smallest absolute Gasteiger partial charge is 0.320 e. The van der Waals surface area contributed by atoms with Crippen molar-refractivity contribution >= 4 is 27.9 Å². The van der Waals surface area contributed by atoms with Crippen LogP contribution in [0.5, 0.6) is 0 Å². The van der Waals surface area contributed by atoms with Gasteiger partial charge in [0.25, 0.3) is 0 Å². The average molecular weight is 385 g/mol. The van der Waals surface area contributed by atoms with Gasteiger partial charge in [-0.15, -0.1) is 0 Å². The summed E-state index contributed by atoms with van der Waals surface area (Å²) in [6.45, 7) is 1.25. The molecule has 0 aromatic carbocycles. The summed E-state index contributed by atoms with van der Waals surface area (Å²) in [5, 5.41) is 0. The summed E-state index contributed by atoms with van der Waals surface area (Å²) in [5.74, 6) is -0.0945. The topological polar surface area (TPSA) is 71.1 Å². The molecule has 0 N–H and O–H groups in total. The SMILES string of the molecule is COC(=O)C(C(=O)OC)C12C3[C@@H]4[C@H]1C1[C@@H]2[C@@H]3C4(Br)C12OCCO2. The molecule has 7 fully saturated rings. The van der Waals surface area contributed by atoms with E-state index in [-0.39, 0.29) is 9.74 Å². The molecule has 0 aromatic heterocycles. The molecule has 6 saturated carbocycles. The molecule has 6 nitrogen and oxygen atoms in total. The normalized spacial score (nSPS) is 57.2. The van der Waals surface area contributed by atoms with Crippen LogP contribution >= 0.6 is 15.9 Å². The Morgan fingerprint density at radius 3 is 1.91 bits per heavy atom. The third-order valence-corrected chi connectivity index (χ3v) is 9.70. The maximum atomic E-state index is 12.3. The molecule has 7 aliphatic rings. The van der Waals surface area contributed by atoms with Gasteiger partial charge >= 0.3 is 11.9 Å². The highest BCUT2D eigenvalue weighted by atomic mass is 79.9. The van der Waals surface area contributed by atoms with E-state index in [1.54, 1.807) is 0 Å². The summed E-state index contributed by atoms with van der Waals surface area (Å²) >= 11 is 3.97. The van der Waals surface area contributed by atoms with E-state index in [0.29, 0.717) is 48.7 Å². The van der Waals surface area contributed by atoms with Crippen molar-refractivity contribution in [3.8, 4) is 0 Å². The van der Waals surface area contributed by atoms with Crippen LogP contribution in [-0.4, -0.2) is 49.5 Å². The second kappa shape index (κ2) is 3.48. The Balaban J connectivity index is 1.44. The fraction of sp³-hybridized carbons (Fsp3) is 0.875. The quantitative estimate of drug-likeness (QED) is 0.402. The van der Waals surface area contributed by atoms with Gasteiger partial charge in [-0.2, -0.15) is 0 Å². The summed E-state index contributed by atoms with van der Waals surface area (Å²) in [6.07, 6.45) is 0. The molecule has 1 heterocycles. The molecular formula is C16H17BrO6. The van der Waals surface area contributed by atoms with E-state index in [1.807, 2.05) is 0 Å². The van der Waals surface area contributed by atoms with Gasteiger partial charge in [-0.1, -0.05) is 15.9 Å². The average Bonchev–Trinajstić information content (AvgIpc) is 3.09. The van der Waals surface area contributed by atoms with Crippen LogP contribution in [0, 0.1) is 46.8 Å². The zero-order chi connectivity index (χ0) is 15.9. The monoisotopic (exact) mass is 384 g/mol. The van der Waals surface area contributed by atoms with Crippen LogP contribution in [0.15, 0.2) is 0 Å². The molecule has 0 aromatic rings. The molecule has 2 bridgehead atoms. The lowest BCUT2D eigenvalue weighted by atomic mass is 9.11. The van der Waals surface area contributed by atoms with Crippen LogP contribution in [0.3, 0.4) is 0 Å². The minimum absolute atomic E-state index is 0.111. The van der Waals surface area contributed by atoms with Gasteiger partial charge in [-0.05, 0) is 29.6 Å². The number of rotatable bonds is 3. The number of alkyl halides is 1. The summed E-state index contributed by atoms with van der Waals surface area (Å²) in [6, 6.07) is 0. The van der Waals surface area contributed by atoms with E-state index in [1.165, 1.54) is 14.2 Å². The predicted octanol–water partition coefficient (Wildman–Crippen LogP) is 0.577. The molecule has 23 heavy (non-hydrogen) atoms. The van der Waals surface area contributed by atoms with Crippen LogP contribution in [0.1, 0.15) is 0 Å². The van der Waals surface area contributed by atoms with Crippen LogP contribution in [0.2, 0.25) is 0 Å². The van der Waals surface area contributed by atoms with Crippen LogP contribution in [0.25, 0.3) is 0 Å². The van der Waals surface area contributed by atoms with Gasteiger partial charge < -0.3 is 18.9 Å². The summed E-state index contributed by atoms with van der Waals surface area (Å²) in [5.41, 5.74) is -0.268. The lowest BCUT2D eigenvalue weighted by Gasteiger charge is -2.92. The van der Waals surface area contributed by atoms with Crippen LogP contribution in [-0.2, 0) is 28.5 Å². The Morgan fingerprint density at radius 1 is 0.957 bits per heavy atom. The molecular weight excluding hydrogens is 368 g/mol.